The molecule has 0 aliphatic carbocycles. The van der Waals surface area contributed by atoms with Crippen molar-refractivity contribution >= 4 is 51.9 Å². The molecule has 150 valence electrons. The lowest BCUT2D eigenvalue weighted by Crippen LogP contribution is -2.27. The summed E-state index contributed by atoms with van der Waals surface area (Å²) in [5.41, 5.74) is 3.61. The summed E-state index contributed by atoms with van der Waals surface area (Å²) in [6.07, 6.45) is 1.68. The highest BCUT2D eigenvalue weighted by molar-refractivity contribution is 8.27. The topological polar surface area (TPSA) is 70.8 Å². The SMILES string of the molecule is Cc1cccc(N2C(=O)/C(=C\c3ccc(-c4ccc(C(=O)O)cc4C)o3)SC2=S)c1. The molecule has 1 N–H and O–H groups in total. The number of anilines is 1. The lowest BCUT2D eigenvalue weighted by molar-refractivity contribution is -0.113. The third kappa shape index (κ3) is 3.81. The monoisotopic (exact) mass is 435 g/mol. The van der Waals surface area contributed by atoms with Gasteiger partial charge in [-0.2, -0.15) is 0 Å². The quantitative estimate of drug-likeness (QED) is 0.421. The first-order chi connectivity index (χ1) is 14.3. The number of carbonyl (C=O) groups excluding carboxylic acids is 1. The van der Waals surface area contributed by atoms with Gasteiger partial charge in [0.2, 0.25) is 0 Å². The van der Waals surface area contributed by atoms with Crippen LogP contribution in [-0.4, -0.2) is 21.3 Å². The van der Waals surface area contributed by atoms with Gasteiger partial charge in [0.05, 0.1) is 16.2 Å². The van der Waals surface area contributed by atoms with Crippen LogP contribution in [0.5, 0.6) is 0 Å². The van der Waals surface area contributed by atoms with E-state index < -0.39 is 5.97 Å². The van der Waals surface area contributed by atoms with Gasteiger partial charge in [0.25, 0.3) is 5.91 Å². The van der Waals surface area contributed by atoms with Crippen LogP contribution in [0.1, 0.15) is 27.2 Å². The van der Waals surface area contributed by atoms with Crippen LogP contribution in [0.25, 0.3) is 17.4 Å². The Balaban J connectivity index is 1.61. The smallest absolute Gasteiger partial charge is 0.335 e. The summed E-state index contributed by atoms with van der Waals surface area (Å²) >= 11 is 6.65. The maximum absolute atomic E-state index is 12.9. The first-order valence-corrected chi connectivity index (χ1v) is 10.3. The highest BCUT2D eigenvalue weighted by atomic mass is 32.2. The zero-order valence-corrected chi connectivity index (χ0v) is 17.8. The van der Waals surface area contributed by atoms with Crippen molar-refractivity contribution in [3.05, 3.63) is 82.0 Å². The summed E-state index contributed by atoms with van der Waals surface area (Å²) in [6, 6.07) is 16.1. The summed E-state index contributed by atoms with van der Waals surface area (Å²) in [7, 11) is 0. The van der Waals surface area contributed by atoms with E-state index in [9.17, 15) is 9.59 Å². The number of aromatic carboxylic acids is 1. The summed E-state index contributed by atoms with van der Waals surface area (Å²) in [5.74, 6) is -0.0303. The predicted octanol–water partition coefficient (Wildman–Crippen LogP) is 5.67. The lowest BCUT2D eigenvalue weighted by atomic mass is 10.0. The van der Waals surface area contributed by atoms with Crippen LogP contribution >= 0.6 is 24.0 Å². The molecule has 0 saturated carbocycles. The zero-order chi connectivity index (χ0) is 21.4. The van der Waals surface area contributed by atoms with Crippen molar-refractivity contribution in [2.24, 2.45) is 0 Å². The van der Waals surface area contributed by atoms with Crippen molar-refractivity contribution in [3.63, 3.8) is 0 Å². The number of hydrogen-bond acceptors (Lipinski definition) is 5. The van der Waals surface area contributed by atoms with Gasteiger partial charge in [-0.1, -0.05) is 42.2 Å². The Bertz CT molecular complexity index is 1230. The number of thioether (sulfide) groups is 1. The molecule has 1 saturated heterocycles. The van der Waals surface area contributed by atoms with Crippen LogP contribution in [0.3, 0.4) is 0 Å². The molecule has 3 aromatic rings. The van der Waals surface area contributed by atoms with Gasteiger partial charge in [-0.05, 0) is 61.4 Å². The van der Waals surface area contributed by atoms with E-state index in [0.717, 1.165) is 22.4 Å². The summed E-state index contributed by atoms with van der Waals surface area (Å²) in [6.45, 7) is 3.79. The number of hydrogen-bond donors (Lipinski definition) is 1. The van der Waals surface area contributed by atoms with Gasteiger partial charge >= 0.3 is 5.97 Å². The highest BCUT2D eigenvalue weighted by Crippen LogP contribution is 2.37. The molecule has 0 bridgehead atoms. The number of carboxylic acid groups (broad SMARTS) is 1. The fourth-order valence-electron chi connectivity index (χ4n) is 3.23. The van der Waals surface area contributed by atoms with E-state index in [2.05, 4.69) is 0 Å². The average molecular weight is 436 g/mol. The molecule has 0 spiro atoms. The Labute approximate surface area is 183 Å². The van der Waals surface area contributed by atoms with Crippen LogP contribution in [0.4, 0.5) is 5.69 Å². The Morgan fingerprint density at radius 3 is 2.63 bits per heavy atom. The minimum absolute atomic E-state index is 0.185. The first kappa shape index (κ1) is 20.1. The standard InChI is InChI=1S/C23H17NO4S2/c1-13-4-3-5-16(10-13)24-21(25)20(30-23(24)29)12-17-7-9-19(28-17)18-8-6-15(22(26)27)11-14(18)2/h3-12H,1-2H3,(H,26,27)/b20-12+. The molecule has 0 unspecified atom stereocenters. The zero-order valence-electron chi connectivity index (χ0n) is 16.2. The van der Waals surface area contributed by atoms with Gasteiger partial charge in [-0.3, -0.25) is 9.69 Å². The number of benzene rings is 2. The highest BCUT2D eigenvalue weighted by Gasteiger charge is 2.33. The summed E-state index contributed by atoms with van der Waals surface area (Å²) in [5, 5.41) is 9.12. The van der Waals surface area contributed by atoms with E-state index in [1.165, 1.54) is 16.7 Å². The second-order valence-corrected chi connectivity index (χ2v) is 8.57. The van der Waals surface area contributed by atoms with Gasteiger partial charge in [-0.25, -0.2) is 4.79 Å². The molecule has 1 fully saturated rings. The molecule has 1 aromatic heterocycles. The number of amides is 1. The molecular weight excluding hydrogens is 418 g/mol. The van der Waals surface area contributed by atoms with Crippen LogP contribution in [0.15, 0.2) is 63.9 Å². The molecule has 5 nitrogen and oxygen atoms in total. The van der Waals surface area contributed by atoms with Crippen molar-refractivity contribution in [1.29, 1.82) is 0 Å². The van der Waals surface area contributed by atoms with E-state index in [1.807, 2.05) is 38.1 Å². The molecule has 1 aliphatic rings. The molecule has 4 rings (SSSR count). The van der Waals surface area contributed by atoms with Crippen molar-refractivity contribution in [2.75, 3.05) is 4.90 Å². The van der Waals surface area contributed by atoms with Gasteiger partial charge in [0.1, 0.15) is 11.5 Å². The molecule has 0 atom stereocenters. The molecule has 2 heterocycles. The Morgan fingerprint density at radius 2 is 1.93 bits per heavy atom. The number of nitrogens with zero attached hydrogens (tertiary/aromatic N) is 1. The van der Waals surface area contributed by atoms with Crippen molar-refractivity contribution in [2.45, 2.75) is 13.8 Å². The average Bonchev–Trinajstić information content (AvgIpc) is 3.26. The lowest BCUT2D eigenvalue weighted by Gasteiger charge is -2.14. The Morgan fingerprint density at radius 1 is 1.13 bits per heavy atom. The maximum atomic E-state index is 12.9. The largest absolute Gasteiger partial charge is 0.478 e. The van der Waals surface area contributed by atoms with Crippen molar-refractivity contribution in [3.8, 4) is 11.3 Å². The molecule has 1 amide bonds. The first-order valence-electron chi connectivity index (χ1n) is 9.12. The second-order valence-electron chi connectivity index (χ2n) is 6.89. The van der Waals surface area contributed by atoms with Gasteiger partial charge in [-0.15, -0.1) is 0 Å². The molecular formula is C23H17NO4S2. The van der Waals surface area contributed by atoms with E-state index in [-0.39, 0.29) is 11.5 Å². The fraction of sp³-hybridized carbons (Fsp3) is 0.0870. The molecule has 7 heteroatoms. The van der Waals surface area contributed by atoms with Crippen molar-refractivity contribution < 1.29 is 19.1 Å². The maximum Gasteiger partial charge on any atom is 0.335 e. The third-order valence-electron chi connectivity index (χ3n) is 4.69. The van der Waals surface area contributed by atoms with Gasteiger partial charge in [0.15, 0.2) is 4.32 Å². The molecule has 30 heavy (non-hydrogen) atoms. The number of rotatable bonds is 4. The number of thiocarbonyl (C=S) groups is 1. The predicted molar refractivity (Wildman–Crippen MR) is 123 cm³/mol. The number of aryl methyl sites for hydroxylation is 2. The van der Waals surface area contributed by atoms with E-state index in [1.54, 1.807) is 36.4 Å². The number of carbonyl (C=O) groups is 2. The summed E-state index contributed by atoms with van der Waals surface area (Å²) in [4.78, 5) is 26.1. The number of furan rings is 1. The fourth-order valence-corrected chi connectivity index (χ4v) is 4.51. The van der Waals surface area contributed by atoms with E-state index in [4.69, 9.17) is 21.7 Å². The summed E-state index contributed by atoms with van der Waals surface area (Å²) < 4.78 is 6.38. The third-order valence-corrected chi connectivity index (χ3v) is 5.99. The Kier molecular flexibility index (Phi) is 5.32. The Hall–Kier alpha value is -3.16. The minimum Gasteiger partial charge on any atom is -0.478 e. The van der Waals surface area contributed by atoms with Crippen LogP contribution in [0.2, 0.25) is 0 Å². The second kappa shape index (κ2) is 7.93. The normalized spacial score (nSPS) is 15.3. The van der Waals surface area contributed by atoms with Gasteiger partial charge in [0, 0.05) is 11.6 Å². The van der Waals surface area contributed by atoms with E-state index in [0.29, 0.717) is 20.7 Å². The minimum atomic E-state index is -0.972. The van der Waals surface area contributed by atoms with Gasteiger partial charge < -0.3 is 9.52 Å². The van der Waals surface area contributed by atoms with Crippen LogP contribution in [-0.2, 0) is 4.79 Å². The van der Waals surface area contributed by atoms with E-state index >= 15 is 0 Å². The molecule has 0 radical (unpaired) electrons. The van der Waals surface area contributed by atoms with Crippen LogP contribution in [0, 0.1) is 13.8 Å². The molecule has 1 aliphatic heterocycles. The van der Waals surface area contributed by atoms with Crippen LogP contribution < -0.4 is 4.90 Å². The number of carboxylic acids is 1. The molecule has 2 aromatic carbocycles. The van der Waals surface area contributed by atoms with Crippen molar-refractivity contribution in [1.82, 2.24) is 0 Å².